The summed E-state index contributed by atoms with van der Waals surface area (Å²) in [5, 5.41) is 3.27. The van der Waals surface area contributed by atoms with Gasteiger partial charge in [-0.05, 0) is 13.3 Å². The predicted molar refractivity (Wildman–Crippen MR) is 58.9 cm³/mol. The lowest BCUT2D eigenvalue weighted by Crippen LogP contribution is -2.33. The zero-order valence-corrected chi connectivity index (χ0v) is 9.49. The van der Waals surface area contributed by atoms with Crippen LogP contribution in [0.5, 0.6) is 0 Å². The number of hydrogen-bond donors (Lipinski definition) is 2. The molecule has 0 saturated carbocycles. The smallest absolute Gasteiger partial charge is 0.230 e. The number of nitrogens with two attached hydrogens (primary N) is 1. The fraction of sp³-hybridized carbons (Fsp3) is 0.889. The van der Waals surface area contributed by atoms with Crippen molar-refractivity contribution in [2.24, 2.45) is 5.73 Å². The van der Waals surface area contributed by atoms with Crippen LogP contribution in [0.1, 0.15) is 27.2 Å². The largest absolute Gasteiger partial charge is 0.353 e. The molecular weight excluding hydrogens is 184 g/mol. The molecule has 0 aliphatic heterocycles. The number of thioether (sulfide) groups is 1. The third-order valence-corrected chi connectivity index (χ3v) is 3.04. The molecule has 0 aromatic carbocycles. The lowest BCUT2D eigenvalue weighted by molar-refractivity contribution is -0.119. The summed E-state index contributed by atoms with van der Waals surface area (Å²) in [4.78, 5) is 11.3. The van der Waals surface area contributed by atoms with E-state index in [4.69, 9.17) is 5.73 Å². The van der Waals surface area contributed by atoms with Gasteiger partial charge in [0.2, 0.25) is 5.91 Å². The van der Waals surface area contributed by atoms with Gasteiger partial charge in [0.15, 0.2) is 0 Å². The average molecular weight is 204 g/mol. The molecule has 0 aromatic heterocycles. The Hall–Kier alpha value is -0.220. The van der Waals surface area contributed by atoms with E-state index in [1.807, 2.05) is 13.8 Å². The van der Waals surface area contributed by atoms with Gasteiger partial charge in [-0.3, -0.25) is 4.79 Å². The first-order valence-electron chi connectivity index (χ1n) is 4.71. The maximum Gasteiger partial charge on any atom is 0.230 e. The van der Waals surface area contributed by atoms with Crippen LogP contribution in [0.4, 0.5) is 0 Å². The van der Waals surface area contributed by atoms with E-state index in [1.54, 1.807) is 11.8 Å². The molecular formula is C9H20N2OS. The minimum Gasteiger partial charge on any atom is -0.353 e. The molecule has 3 N–H and O–H groups in total. The lowest BCUT2D eigenvalue weighted by Gasteiger charge is -2.12. The van der Waals surface area contributed by atoms with E-state index < -0.39 is 0 Å². The van der Waals surface area contributed by atoms with Gasteiger partial charge in [-0.2, -0.15) is 0 Å². The van der Waals surface area contributed by atoms with Gasteiger partial charge in [0.05, 0.1) is 5.75 Å². The predicted octanol–water partition coefficient (Wildman–Crippen LogP) is 0.981. The second-order valence-electron chi connectivity index (χ2n) is 3.23. The summed E-state index contributed by atoms with van der Waals surface area (Å²) in [5.74, 6) is 0.627. The maximum atomic E-state index is 11.3. The molecule has 78 valence electrons. The van der Waals surface area contributed by atoms with Crippen LogP contribution in [0.2, 0.25) is 0 Å². The summed E-state index contributed by atoms with van der Waals surface area (Å²) in [6, 6.07) is 0.279. The Morgan fingerprint density at radius 1 is 1.54 bits per heavy atom. The highest BCUT2D eigenvalue weighted by Gasteiger charge is 2.07. The molecule has 4 heteroatoms. The van der Waals surface area contributed by atoms with Gasteiger partial charge in [-0.15, -0.1) is 11.8 Å². The van der Waals surface area contributed by atoms with Crippen LogP contribution >= 0.6 is 11.8 Å². The molecule has 3 nitrogen and oxygen atoms in total. The summed E-state index contributed by atoms with van der Waals surface area (Å²) in [5.41, 5.74) is 5.43. The van der Waals surface area contributed by atoms with E-state index in [2.05, 4.69) is 12.2 Å². The van der Waals surface area contributed by atoms with Crippen molar-refractivity contribution in [3.05, 3.63) is 0 Å². The van der Waals surface area contributed by atoms with Crippen molar-refractivity contribution in [2.75, 3.05) is 12.3 Å². The van der Waals surface area contributed by atoms with E-state index in [0.29, 0.717) is 17.5 Å². The Morgan fingerprint density at radius 2 is 2.15 bits per heavy atom. The molecule has 1 amide bonds. The molecule has 0 rings (SSSR count). The topological polar surface area (TPSA) is 55.1 Å². The number of rotatable bonds is 6. The van der Waals surface area contributed by atoms with Crippen molar-refractivity contribution in [2.45, 2.75) is 38.5 Å². The van der Waals surface area contributed by atoms with Crippen molar-refractivity contribution in [1.29, 1.82) is 0 Å². The molecule has 0 fully saturated rings. The molecule has 0 heterocycles. The van der Waals surface area contributed by atoms with Crippen LogP contribution in [0.3, 0.4) is 0 Å². The zero-order chi connectivity index (χ0) is 10.3. The Bertz CT molecular complexity index is 153. The maximum absolute atomic E-state index is 11.3. The highest BCUT2D eigenvalue weighted by atomic mass is 32.2. The fourth-order valence-electron chi connectivity index (χ4n) is 0.705. The van der Waals surface area contributed by atoms with E-state index in [9.17, 15) is 4.79 Å². The van der Waals surface area contributed by atoms with Crippen LogP contribution < -0.4 is 11.1 Å². The number of nitrogens with one attached hydrogen (secondary N) is 1. The molecule has 13 heavy (non-hydrogen) atoms. The molecule has 0 aromatic rings. The van der Waals surface area contributed by atoms with Crippen molar-refractivity contribution in [3.63, 3.8) is 0 Å². The van der Waals surface area contributed by atoms with Crippen LogP contribution in [0.15, 0.2) is 0 Å². The van der Waals surface area contributed by atoms with Crippen molar-refractivity contribution >= 4 is 17.7 Å². The van der Waals surface area contributed by atoms with Crippen molar-refractivity contribution < 1.29 is 4.79 Å². The van der Waals surface area contributed by atoms with Gasteiger partial charge in [0.1, 0.15) is 0 Å². The van der Waals surface area contributed by atoms with E-state index in [1.165, 1.54) is 0 Å². The highest BCUT2D eigenvalue weighted by molar-refractivity contribution is 8.00. The second kappa shape index (κ2) is 7.21. The number of amides is 1. The standard InChI is InChI=1S/C9H20N2OS/c1-4-7(2)11-9(12)6-13-8(3)5-10/h7-8H,4-6,10H2,1-3H3,(H,11,12). The normalized spacial score (nSPS) is 15.1. The number of carbonyl (C=O) groups is 1. The molecule has 0 radical (unpaired) electrons. The zero-order valence-electron chi connectivity index (χ0n) is 8.67. The Kier molecular flexibility index (Phi) is 7.09. The van der Waals surface area contributed by atoms with Gasteiger partial charge >= 0.3 is 0 Å². The van der Waals surface area contributed by atoms with E-state index >= 15 is 0 Å². The fourth-order valence-corrected chi connectivity index (χ4v) is 1.36. The summed E-state index contributed by atoms with van der Waals surface area (Å²) >= 11 is 1.60. The number of carbonyl (C=O) groups excluding carboxylic acids is 1. The molecule has 0 saturated heterocycles. The average Bonchev–Trinajstić information content (AvgIpc) is 2.13. The third kappa shape index (κ3) is 6.90. The third-order valence-electron chi connectivity index (χ3n) is 1.85. The lowest BCUT2D eigenvalue weighted by atomic mass is 10.3. The Balaban J connectivity index is 3.51. The van der Waals surface area contributed by atoms with Gasteiger partial charge in [-0.1, -0.05) is 13.8 Å². The molecule has 0 bridgehead atoms. The van der Waals surface area contributed by atoms with Crippen molar-refractivity contribution in [3.8, 4) is 0 Å². The SMILES string of the molecule is CCC(C)NC(=O)CSC(C)CN. The molecule has 2 atom stereocenters. The minimum absolute atomic E-state index is 0.111. The first-order valence-corrected chi connectivity index (χ1v) is 5.76. The van der Waals surface area contributed by atoms with E-state index in [0.717, 1.165) is 6.42 Å². The molecule has 0 aliphatic carbocycles. The van der Waals surface area contributed by atoms with Gasteiger partial charge in [0, 0.05) is 17.8 Å². The van der Waals surface area contributed by atoms with Gasteiger partial charge < -0.3 is 11.1 Å². The van der Waals surface area contributed by atoms with Crippen LogP contribution in [-0.2, 0) is 4.79 Å². The monoisotopic (exact) mass is 204 g/mol. The quantitative estimate of drug-likeness (QED) is 0.678. The van der Waals surface area contributed by atoms with Crippen LogP contribution in [0, 0.1) is 0 Å². The molecule has 2 unspecified atom stereocenters. The highest BCUT2D eigenvalue weighted by Crippen LogP contribution is 2.07. The van der Waals surface area contributed by atoms with E-state index in [-0.39, 0.29) is 11.9 Å². The minimum atomic E-state index is 0.111. The van der Waals surface area contributed by atoms with Gasteiger partial charge in [-0.25, -0.2) is 0 Å². The van der Waals surface area contributed by atoms with Crippen LogP contribution in [-0.4, -0.2) is 29.5 Å². The Morgan fingerprint density at radius 3 is 2.62 bits per heavy atom. The van der Waals surface area contributed by atoms with Gasteiger partial charge in [0.25, 0.3) is 0 Å². The summed E-state index contributed by atoms with van der Waals surface area (Å²) in [6.07, 6.45) is 0.975. The Labute approximate surface area is 84.8 Å². The molecule has 0 aliphatic rings. The second-order valence-corrected chi connectivity index (χ2v) is 4.66. The molecule has 0 spiro atoms. The van der Waals surface area contributed by atoms with Crippen molar-refractivity contribution in [1.82, 2.24) is 5.32 Å². The summed E-state index contributed by atoms with van der Waals surface area (Å²) in [7, 11) is 0. The number of hydrogen-bond acceptors (Lipinski definition) is 3. The first-order chi connectivity index (χ1) is 6.10. The first kappa shape index (κ1) is 12.8. The van der Waals surface area contributed by atoms with Crippen LogP contribution in [0.25, 0.3) is 0 Å². The summed E-state index contributed by atoms with van der Waals surface area (Å²) < 4.78 is 0. The summed E-state index contributed by atoms with van der Waals surface area (Å²) in [6.45, 7) is 6.72.